The van der Waals surface area contributed by atoms with Crippen molar-refractivity contribution in [2.24, 2.45) is 12.8 Å². The number of rotatable bonds is 3. The maximum atomic E-state index is 6.38. The lowest BCUT2D eigenvalue weighted by molar-refractivity contribution is 0.587. The molecule has 1 aliphatic rings. The van der Waals surface area contributed by atoms with Crippen LogP contribution in [-0.2, 0) is 13.5 Å². The first-order chi connectivity index (χ1) is 8.50. The van der Waals surface area contributed by atoms with Crippen molar-refractivity contribution in [2.45, 2.75) is 36.8 Å². The maximum Gasteiger partial charge on any atom is 0.0847 e. The van der Waals surface area contributed by atoms with Gasteiger partial charge in [-0.15, -0.1) is 0 Å². The van der Waals surface area contributed by atoms with Crippen molar-refractivity contribution in [3.05, 3.63) is 16.4 Å². The molecule has 3 unspecified atom stereocenters. The molecular weight excluding hydrogens is 286 g/mol. The van der Waals surface area contributed by atoms with Crippen LogP contribution in [0.15, 0.2) is 0 Å². The van der Waals surface area contributed by atoms with Crippen LogP contribution in [0.1, 0.15) is 18.3 Å². The lowest BCUT2D eigenvalue weighted by atomic mass is 10.1. The fourth-order valence-electron chi connectivity index (χ4n) is 2.36. The van der Waals surface area contributed by atoms with Gasteiger partial charge in [-0.25, -0.2) is 0 Å². The minimum atomic E-state index is 0.144. The third-order valence-electron chi connectivity index (χ3n) is 3.35. The molecule has 1 fully saturated rings. The minimum absolute atomic E-state index is 0.144. The predicted octanol–water partition coefficient (Wildman–Crippen LogP) is 2.49. The highest BCUT2D eigenvalue weighted by atomic mass is 35.5. The third-order valence-corrected chi connectivity index (χ3v) is 7.11. The number of aryl methyl sites for hydroxylation is 2. The fourth-order valence-corrected chi connectivity index (χ4v) is 5.49. The van der Waals surface area contributed by atoms with Crippen LogP contribution in [0, 0.1) is 6.92 Å². The number of nitrogens with zero attached hydrogens (tertiary/aromatic N) is 2. The second kappa shape index (κ2) is 6.07. The van der Waals surface area contributed by atoms with Gasteiger partial charge in [-0.2, -0.15) is 28.6 Å². The quantitative estimate of drug-likeness (QED) is 0.932. The van der Waals surface area contributed by atoms with Crippen LogP contribution in [0.2, 0.25) is 5.02 Å². The summed E-state index contributed by atoms with van der Waals surface area (Å²) in [5.74, 6) is 2.44. The molecule has 0 aliphatic carbocycles. The van der Waals surface area contributed by atoms with Gasteiger partial charge < -0.3 is 5.73 Å². The molecule has 18 heavy (non-hydrogen) atoms. The Bertz CT molecular complexity index is 422. The molecule has 1 aliphatic heterocycles. The van der Waals surface area contributed by atoms with Crippen molar-refractivity contribution in [3.63, 3.8) is 0 Å². The Balaban J connectivity index is 2.08. The largest absolute Gasteiger partial charge is 0.326 e. The monoisotopic (exact) mass is 305 g/mol. The number of hydrogen-bond acceptors (Lipinski definition) is 4. The first-order valence-electron chi connectivity index (χ1n) is 6.17. The molecule has 0 amide bonds. The molecule has 0 spiro atoms. The number of thioether (sulfide) groups is 2. The van der Waals surface area contributed by atoms with Gasteiger partial charge in [-0.05, 0) is 6.92 Å². The summed E-state index contributed by atoms with van der Waals surface area (Å²) in [6, 6.07) is 0.144. The molecule has 102 valence electrons. The van der Waals surface area contributed by atoms with Crippen LogP contribution in [-0.4, -0.2) is 37.8 Å². The van der Waals surface area contributed by atoms with E-state index in [1.807, 2.05) is 42.2 Å². The average Bonchev–Trinajstić information content (AvgIpc) is 2.56. The standard InChI is InChI=1S/C12H20ClN3S2/c1-7-11(13)10(16(3)15-7)6-9(14)12-8(2)17-4-5-18-12/h8-9,12H,4-6,14H2,1-3H3. The number of aromatic nitrogens is 2. The molecule has 0 saturated carbocycles. The second-order valence-corrected chi connectivity index (χ2v) is 7.90. The normalized spacial score (nSPS) is 26.3. The van der Waals surface area contributed by atoms with Gasteiger partial charge in [0.1, 0.15) is 0 Å². The molecule has 2 heterocycles. The molecular formula is C12H20ClN3S2. The smallest absolute Gasteiger partial charge is 0.0847 e. The zero-order chi connectivity index (χ0) is 13.3. The third kappa shape index (κ3) is 3.00. The van der Waals surface area contributed by atoms with Crippen LogP contribution in [0.5, 0.6) is 0 Å². The Morgan fingerprint density at radius 1 is 1.50 bits per heavy atom. The molecule has 2 rings (SSSR count). The topological polar surface area (TPSA) is 43.8 Å². The maximum absolute atomic E-state index is 6.38. The van der Waals surface area contributed by atoms with Gasteiger partial charge in [0.2, 0.25) is 0 Å². The molecule has 0 bridgehead atoms. The zero-order valence-corrected chi connectivity index (χ0v) is 13.4. The van der Waals surface area contributed by atoms with E-state index < -0.39 is 0 Å². The number of halogens is 1. The molecule has 1 aromatic heterocycles. The average molecular weight is 306 g/mol. The Morgan fingerprint density at radius 2 is 2.17 bits per heavy atom. The van der Waals surface area contributed by atoms with Crippen LogP contribution in [0.4, 0.5) is 0 Å². The van der Waals surface area contributed by atoms with Gasteiger partial charge >= 0.3 is 0 Å². The van der Waals surface area contributed by atoms with E-state index in [2.05, 4.69) is 12.0 Å². The van der Waals surface area contributed by atoms with Crippen molar-refractivity contribution in [1.29, 1.82) is 0 Å². The summed E-state index contributed by atoms with van der Waals surface area (Å²) >= 11 is 10.3. The highest BCUT2D eigenvalue weighted by molar-refractivity contribution is 8.07. The molecule has 6 heteroatoms. The van der Waals surface area contributed by atoms with Gasteiger partial charge in [0.05, 0.1) is 16.4 Å². The first-order valence-corrected chi connectivity index (χ1v) is 8.65. The van der Waals surface area contributed by atoms with Gasteiger partial charge in [0, 0.05) is 41.5 Å². The molecule has 0 aromatic carbocycles. The minimum Gasteiger partial charge on any atom is -0.326 e. The molecule has 2 N–H and O–H groups in total. The lowest BCUT2D eigenvalue weighted by Crippen LogP contribution is -2.42. The van der Waals surface area contributed by atoms with E-state index >= 15 is 0 Å². The van der Waals surface area contributed by atoms with E-state index in [4.69, 9.17) is 17.3 Å². The summed E-state index contributed by atoms with van der Waals surface area (Å²) in [5, 5.41) is 6.24. The van der Waals surface area contributed by atoms with Gasteiger partial charge in [-0.3, -0.25) is 4.68 Å². The van der Waals surface area contributed by atoms with Crippen molar-refractivity contribution in [1.82, 2.24) is 9.78 Å². The highest BCUT2D eigenvalue weighted by Crippen LogP contribution is 2.34. The second-order valence-electron chi connectivity index (χ2n) is 4.75. The summed E-state index contributed by atoms with van der Waals surface area (Å²) < 4.78 is 1.86. The van der Waals surface area contributed by atoms with E-state index in [1.54, 1.807) is 0 Å². The molecule has 1 aromatic rings. The highest BCUT2D eigenvalue weighted by Gasteiger charge is 2.29. The van der Waals surface area contributed by atoms with E-state index in [1.165, 1.54) is 11.5 Å². The Hall–Kier alpha value is 0.160. The summed E-state index contributed by atoms with van der Waals surface area (Å²) in [6.07, 6.45) is 0.804. The molecule has 0 radical (unpaired) electrons. The van der Waals surface area contributed by atoms with Crippen LogP contribution in [0.3, 0.4) is 0 Å². The van der Waals surface area contributed by atoms with Crippen molar-refractivity contribution >= 4 is 35.1 Å². The van der Waals surface area contributed by atoms with Gasteiger partial charge in [0.15, 0.2) is 0 Å². The number of nitrogens with two attached hydrogens (primary N) is 1. The zero-order valence-electron chi connectivity index (χ0n) is 11.0. The van der Waals surface area contributed by atoms with E-state index in [0.717, 1.165) is 22.8 Å². The van der Waals surface area contributed by atoms with Crippen LogP contribution < -0.4 is 5.73 Å². The summed E-state index contributed by atoms with van der Waals surface area (Å²) in [7, 11) is 1.94. The predicted molar refractivity (Wildman–Crippen MR) is 82.8 cm³/mol. The van der Waals surface area contributed by atoms with Gasteiger partial charge in [-0.1, -0.05) is 18.5 Å². The van der Waals surface area contributed by atoms with Crippen molar-refractivity contribution in [3.8, 4) is 0 Å². The molecule has 1 saturated heterocycles. The Kier molecular flexibility index (Phi) is 4.92. The first kappa shape index (κ1) is 14.6. The van der Waals surface area contributed by atoms with E-state index in [-0.39, 0.29) is 6.04 Å². The van der Waals surface area contributed by atoms with Gasteiger partial charge in [0.25, 0.3) is 0 Å². The van der Waals surface area contributed by atoms with Crippen molar-refractivity contribution < 1.29 is 0 Å². The summed E-state index contributed by atoms with van der Waals surface area (Å²) in [5.41, 5.74) is 8.33. The Morgan fingerprint density at radius 3 is 2.72 bits per heavy atom. The van der Waals surface area contributed by atoms with E-state index in [9.17, 15) is 0 Å². The Labute approximate surface area is 122 Å². The lowest BCUT2D eigenvalue weighted by Gasteiger charge is -2.32. The summed E-state index contributed by atoms with van der Waals surface area (Å²) in [6.45, 7) is 4.21. The molecule has 3 atom stereocenters. The van der Waals surface area contributed by atoms with Crippen LogP contribution in [0.25, 0.3) is 0 Å². The van der Waals surface area contributed by atoms with Crippen molar-refractivity contribution in [2.75, 3.05) is 11.5 Å². The SMILES string of the molecule is Cc1nn(C)c(CC(N)C2SCCSC2C)c1Cl. The van der Waals surface area contributed by atoms with E-state index in [0.29, 0.717) is 10.5 Å². The van der Waals surface area contributed by atoms with Crippen LogP contribution >= 0.6 is 35.1 Å². The summed E-state index contributed by atoms with van der Waals surface area (Å²) in [4.78, 5) is 0. The fraction of sp³-hybridized carbons (Fsp3) is 0.750. The molecule has 3 nitrogen and oxygen atoms in total. The number of hydrogen-bond donors (Lipinski definition) is 1.